The molecule has 0 saturated carbocycles. The van der Waals surface area contributed by atoms with Gasteiger partial charge >= 0.3 is 11.6 Å². The molecule has 33 heavy (non-hydrogen) atoms. The van der Waals surface area contributed by atoms with Gasteiger partial charge < -0.3 is 14.5 Å². The molecule has 0 bridgehead atoms. The molecule has 4 rings (SSSR count). The molecule has 0 spiro atoms. The lowest BCUT2D eigenvalue weighted by Crippen LogP contribution is -2.31. The van der Waals surface area contributed by atoms with E-state index < -0.39 is 23.5 Å². The summed E-state index contributed by atoms with van der Waals surface area (Å²) in [6.45, 7) is 1.80. The second kappa shape index (κ2) is 9.71. The van der Waals surface area contributed by atoms with Gasteiger partial charge in [-0.2, -0.15) is 0 Å². The van der Waals surface area contributed by atoms with Crippen LogP contribution in [0.2, 0.25) is 5.02 Å². The molecule has 0 saturated heterocycles. The molecule has 0 unspecified atom stereocenters. The first-order valence-corrected chi connectivity index (χ1v) is 10.6. The van der Waals surface area contributed by atoms with E-state index in [-0.39, 0.29) is 12.2 Å². The van der Waals surface area contributed by atoms with Crippen LogP contribution in [0.25, 0.3) is 11.0 Å². The molecular weight excluding hydrogens is 442 g/mol. The van der Waals surface area contributed by atoms with E-state index in [0.717, 1.165) is 16.5 Å². The van der Waals surface area contributed by atoms with Crippen LogP contribution in [-0.4, -0.2) is 11.9 Å². The minimum absolute atomic E-state index is 0.115. The van der Waals surface area contributed by atoms with Crippen molar-refractivity contribution in [3.63, 3.8) is 0 Å². The Morgan fingerprint density at radius 2 is 1.73 bits per heavy atom. The van der Waals surface area contributed by atoms with Crippen molar-refractivity contribution in [1.29, 1.82) is 0 Å². The minimum atomic E-state index is -0.636. The third kappa shape index (κ3) is 5.30. The monoisotopic (exact) mass is 461 g/mol. The Kier molecular flexibility index (Phi) is 6.56. The van der Waals surface area contributed by atoms with Gasteiger partial charge in [-0.1, -0.05) is 54.1 Å². The molecule has 1 N–H and O–H groups in total. The predicted octanol–water partition coefficient (Wildman–Crippen LogP) is 5.22. The maximum atomic E-state index is 12.8. The van der Waals surface area contributed by atoms with Crippen molar-refractivity contribution in [2.75, 3.05) is 0 Å². The number of nitrogens with one attached hydrogen (secondary N) is 1. The van der Waals surface area contributed by atoms with E-state index in [2.05, 4.69) is 5.32 Å². The summed E-state index contributed by atoms with van der Waals surface area (Å²) in [5, 5.41) is 3.94. The maximum absolute atomic E-state index is 12.8. The Hall–Kier alpha value is -3.90. The van der Waals surface area contributed by atoms with E-state index in [0.29, 0.717) is 16.2 Å². The average molecular weight is 462 g/mol. The van der Waals surface area contributed by atoms with Crippen molar-refractivity contribution >= 4 is 34.4 Å². The number of carbonyl (C=O) groups excluding carboxylic acids is 2. The highest BCUT2D eigenvalue weighted by molar-refractivity contribution is 6.33. The molecule has 3 aromatic carbocycles. The summed E-state index contributed by atoms with van der Waals surface area (Å²) in [5.41, 5.74) is 1.68. The van der Waals surface area contributed by atoms with Crippen molar-refractivity contribution in [1.82, 2.24) is 5.32 Å². The van der Waals surface area contributed by atoms with E-state index in [1.807, 2.05) is 30.3 Å². The Morgan fingerprint density at radius 1 is 1.00 bits per heavy atom. The number of amides is 1. The van der Waals surface area contributed by atoms with Gasteiger partial charge in [-0.15, -0.1) is 0 Å². The van der Waals surface area contributed by atoms with Crippen molar-refractivity contribution < 1.29 is 18.7 Å². The topological polar surface area (TPSA) is 85.6 Å². The fourth-order valence-electron chi connectivity index (χ4n) is 3.53. The lowest BCUT2D eigenvalue weighted by molar-refractivity contribution is -0.134. The highest BCUT2D eigenvalue weighted by atomic mass is 35.5. The lowest BCUT2D eigenvalue weighted by atomic mass is 10.0. The molecular formula is C26H20ClNO5. The second-order valence-electron chi connectivity index (χ2n) is 7.50. The summed E-state index contributed by atoms with van der Waals surface area (Å²) in [4.78, 5) is 37.2. The van der Waals surface area contributed by atoms with Gasteiger partial charge in [0.2, 0.25) is 0 Å². The smallest absolute Gasteiger partial charge is 0.336 e. The van der Waals surface area contributed by atoms with E-state index in [9.17, 15) is 14.4 Å². The Labute approximate surface area is 194 Å². The number of benzene rings is 3. The van der Waals surface area contributed by atoms with Gasteiger partial charge in [0.15, 0.2) is 0 Å². The second-order valence-corrected chi connectivity index (χ2v) is 7.91. The normalized spacial score (nSPS) is 11.7. The van der Waals surface area contributed by atoms with Crippen LogP contribution < -0.4 is 15.7 Å². The van der Waals surface area contributed by atoms with Gasteiger partial charge in [0.25, 0.3) is 5.91 Å². The molecule has 0 radical (unpaired) electrons. The van der Waals surface area contributed by atoms with Gasteiger partial charge in [0.05, 0.1) is 23.0 Å². The molecule has 1 amide bonds. The van der Waals surface area contributed by atoms with E-state index in [4.69, 9.17) is 20.8 Å². The number of esters is 1. The summed E-state index contributed by atoms with van der Waals surface area (Å²) in [6.07, 6.45) is -0.115. The zero-order valence-electron chi connectivity index (χ0n) is 17.7. The van der Waals surface area contributed by atoms with Crippen LogP contribution in [0.15, 0.2) is 88.1 Å². The number of hydrogen-bond donors (Lipinski definition) is 1. The number of carbonyl (C=O) groups is 2. The zero-order chi connectivity index (χ0) is 23.4. The minimum Gasteiger partial charge on any atom is -0.426 e. The summed E-state index contributed by atoms with van der Waals surface area (Å²) >= 11 is 6.15. The summed E-state index contributed by atoms with van der Waals surface area (Å²) in [6, 6.07) is 21.4. The van der Waals surface area contributed by atoms with Gasteiger partial charge in [-0.05, 0) is 42.3 Å². The summed E-state index contributed by atoms with van der Waals surface area (Å²) in [5.74, 6) is -0.714. The first kappa shape index (κ1) is 22.3. The standard InChI is InChI=1S/C26H20ClNO5/c1-16-13-24(29)33-23-14-18(11-12-19(16)23)32-25(30)15-22(17-7-3-2-4-8-17)28-26(31)20-9-5-6-10-21(20)27/h2-14,22H,15H2,1H3,(H,28,31)/t22-/m1/s1. The fourth-order valence-corrected chi connectivity index (χ4v) is 3.75. The molecule has 0 aliphatic carbocycles. The maximum Gasteiger partial charge on any atom is 0.336 e. The van der Waals surface area contributed by atoms with E-state index in [1.165, 1.54) is 12.1 Å². The fraction of sp³-hybridized carbons (Fsp3) is 0.115. The predicted molar refractivity (Wildman–Crippen MR) is 126 cm³/mol. The molecule has 0 fully saturated rings. The summed E-state index contributed by atoms with van der Waals surface area (Å²) in [7, 11) is 0. The summed E-state index contributed by atoms with van der Waals surface area (Å²) < 4.78 is 10.7. The first-order chi connectivity index (χ1) is 15.9. The molecule has 4 aromatic rings. The van der Waals surface area contributed by atoms with E-state index in [1.54, 1.807) is 43.3 Å². The molecule has 1 heterocycles. The van der Waals surface area contributed by atoms with Crippen LogP contribution >= 0.6 is 11.6 Å². The molecule has 166 valence electrons. The highest BCUT2D eigenvalue weighted by Gasteiger charge is 2.21. The Balaban J connectivity index is 1.54. The van der Waals surface area contributed by atoms with Gasteiger partial charge in [-0.25, -0.2) is 4.79 Å². The van der Waals surface area contributed by atoms with Crippen LogP contribution in [0, 0.1) is 6.92 Å². The van der Waals surface area contributed by atoms with Crippen molar-refractivity contribution in [3.8, 4) is 5.75 Å². The van der Waals surface area contributed by atoms with Crippen LogP contribution in [0.4, 0.5) is 0 Å². The molecule has 0 aliphatic heterocycles. The number of hydrogen-bond acceptors (Lipinski definition) is 5. The van der Waals surface area contributed by atoms with Crippen molar-refractivity contribution in [3.05, 3.63) is 111 Å². The van der Waals surface area contributed by atoms with Gasteiger partial charge in [0.1, 0.15) is 11.3 Å². The molecule has 7 heteroatoms. The Bertz CT molecular complexity index is 1380. The van der Waals surface area contributed by atoms with Crippen molar-refractivity contribution in [2.45, 2.75) is 19.4 Å². The highest BCUT2D eigenvalue weighted by Crippen LogP contribution is 2.24. The zero-order valence-corrected chi connectivity index (χ0v) is 18.5. The average Bonchev–Trinajstić information content (AvgIpc) is 2.79. The van der Waals surface area contributed by atoms with Gasteiger partial charge in [0, 0.05) is 17.5 Å². The first-order valence-electron chi connectivity index (χ1n) is 10.3. The molecule has 0 aliphatic rings. The van der Waals surface area contributed by atoms with E-state index >= 15 is 0 Å². The number of ether oxygens (including phenoxy) is 1. The SMILES string of the molecule is Cc1cc(=O)oc2cc(OC(=O)C[C@@H](NC(=O)c3ccccc3Cl)c3ccccc3)ccc12. The largest absolute Gasteiger partial charge is 0.426 e. The van der Waals surface area contributed by atoms with Crippen LogP contribution in [0.3, 0.4) is 0 Å². The van der Waals surface area contributed by atoms with Crippen LogP contribution in [0.1, 0.15) is 33.9 Å². The van der Waals surface area contributed by atoms with Crippen molar-refractivity contribution in [2.24, 2.45) is 0 Å². The quantitative estimate of drug-likeness (QED) is 0.241. The molecule has 1 atom stereocenters. The van der Waals surface area contributed by atoms with Gasteiger partial charge in [-0.3, -0.25) is 9.59 Å². The third-order valence-corrected chi connectivity index (χ3v) is 5.48. The lowest BCUT2D eigenvalue weighted by Gasteiger charge is -2.19. The third-order valence-electron chi connectivity index (χ3n) is 5.15. The molecule has 6 nitrogen and oxygen atoms in total. The number of rotatable bonds is 6. The molecule has 1 aromatic heterocycles. The number of halogens is 1. The number of aryl methyl sites for hydroxylation is 1. The van der Waals surface area contributed by atoms with Crippen LogP contribution in [0.5, 0.6) is 5.75 Å². The number of fused-ring (bicyclic) bond motifs is 1. The Morgan fingerprint density at radius 3 is 2.48 bits per heavy atom. The van der Waals surface area contributed by atoms with Crippen LogP contribution in [-0.2, 0) is 4.79 Å².